The minimum atomic E-state index is -0.267. The van der Waals surface area contributed by atoms with E-state index in [2.05, 4.69) is 12.4 Å². The Hall–Kier alpha value is -3.16. The first-order valence-electron chi connectivity index (χ1n) is 10.2. The van der Waals surface area contributed by atoms with Gasteiger partial charge in [0.15, 0.2) is 12.3 Å². The molecule has 0 radical (unpaired) electrons. The first-order valence-corrected chi connectivity index (χ1v) is 10.2. The van der Waals surface area contributed by atoms with Crippen LogP contribution in [0.1, 0.15) is 16.1 Å². The Kier molecular flexibility index (Phi) is 5.83. The van der Waals surface area contributed by atoms with E-state index in [1.54, 1.807) is 49.6 Å². The summed E-state index contributed by atoms with van der Waals surface area (Å²) in [6, 6.07) is 14.2. The molecule has 0 saturated carbocycles. The van der Waals surface area contributed by atoms with Crippen molar-refractivity contribution in [2.24, 2.45) is 0 Å². The smallest absolute Gasteiger partial charge is 0.279 e. The molecule has 30 heavy (non-hydrogen) atoms. The van der Waals surface area contributed by atoms with E-state index in [0.29, 0.717) is 34.5 Å². The van der Waals surface area contributed by atoms with Gasteiger partial charge >= 0.3 is 0 Å². The molecule has 1 aliphatic rings. The van der Waals surface area contributed by atoms with E-state index in [-0.39, 0.29) is 17.5 Å². The van der Waals surface area contributed by atoms with Crippen LogP contribution < -0.4 is 19.9 Å². The predicted molar refractivity (Wildman–Crippen MR) is 113 cm³/mol. The number of rotatable bonds is 6. The van der Waals surface area contributed by atoms with Crippen molar-refractivity contribution < 1.29 is 28.5 Å². The molecule has 1 amide bonds. The summed E-state index contributed by atoms with van der Waals surface area (Å²) in [5.74, 6) is 0.370. The fourth-order valence-corrected chi connectivity index (χ4v) is 3.83. The molecule has 4 rings (SSSR count). The first kappa shape index (κ1) is 20.1. The van der Waals surface area contributed by atoms with Gasteiger partial charge in [-0.05, 0) is 18.2 Å². The molecule has 7 heteroatoms. The van der Waals surface area contributed by atoms with E-state index >= 15 is 0 Å². The van der Waals surface area contributed by atoms with Crippen LogP contribution in [0.3, 0.4) is 0 Å². The van der Waals surface area contributed by atoms with E-state index in [9.17, 15) is 9.59 Å². The lowest BCUT2D eigenvalue weighted by Gasteiger charge is -2.26. The van der Waals surface area contributed by atoms with Gasteiger partial charge in [0.25, 0.3) is 5.91 Å². The van der Waals surface area contributed by atoms with E-state index in [4.69, 9.17) is 9.15 Å². The predicted octanol–water partition coefficient (Wildman–Crippen LogP) is 0.0241. The number of carbonyl (C=O) groups is 2. The number of benzene rings is 2. The summed E-state index contributed by atoms with van der Waals surface area (Å²) < 4.78 is 11.2. The van der Waals surface area contributed by atoms with Gasteiger partial charge in [-0.25, -0.2) is 0 Å². The summed E-state index contributed by atoms with van der Waals surface area (Å²) in [5.41, 5.74) is 1.44. The average Bonchev–Trinajstić information content (AvgIpc) is 3.12. The number of furan rings is 1. The van der Waals surface area contributed by atoms with Crippen molar-refractivity contribution in [1.29, 1.82) is 0 Å². The van der Waals surface area contributed by atoms with E-state index in [0.717, 1.165) is 26.2 Å². The second kappa shape index (κ2) is 8.69. The van der Waals surface area contributed by atoms with Crippen LogP contribution in [0.25, 0.3) is 11.0 Å². The van der Waals surface area contributed by atoms with Crippen LogP contribution in [0.15, 0.2) is 52.9 Å². The number of carbonyl (C=O) groups excluding carboxylic acids is 2. The fourth-order valence-electron chi connectivity index (χ4n) is 3.83. The third-order valence-corrected chi connectivity index (χ3v) is 5.62. The Morgan fingerprint density at radius 2 is 1.80 bits per heavy atom. The standard InChI is InChI=1S/C23H25N3O4/c1-25-10-12-26(13-11-25)15-20(27)24-21-18-14-17(29-2)8-9-19(18)30-23(21)22(28)16-6-4-3-5-7-16/h3-9,14H,10-13,15H2,1-2H3,(H,24,27)/p+2. The zero-order valence-corrected chi connectivity index (χ0v) is 17.3. The molecule has 2 aromatic carbocycles. The number of quaternary nitrogens is 2. The highest BCUT2D eigenvalue weighted by atomic mass is 16.5. The second-order valence-electron chi connectivity index (χ2n) is 7.80. The van der Waals surface area contributed by atoms with Gasteiger partial charge in [0.05, 0.1) is 19.8 Å². The van der Waals surface area contributed by atoms with Gasteiger partial charge in [-0.2, -0.15) is 0 Å². The lowest BCUT2D eigenvalue weighted by Crippen LogP contribution is -3.27. The molecule has 0 unspecified atom stereocenters. The van der Waals surface area contributed by atoms with Crippen molar-refractivity contribution >= 4 is 28.3 Å². The molecule has 1 aromatic heterocycles. The molecule has 0 atom stereocenters. The number of hydrogen-bond acceptors (Lipinski definition) is 4. The van der Waals surface area contributed by atoms with Gasteiger partial charge in [-0.1, -0.05) is 30.3 Å². The first-order chi connectivity index (χ1) is 14.5. The van der Waals surface area contributed by atoms with E-state index < -0.39 is 0 Å². The quantitative estimate of drug-likeness (QED) is 0.502. The van der Waals surface area contributed by atoms with Gasteiger partial charge in [0, 0.05) is 10.9 Å². The zero-order chi connectivity index (χ0) is 21.1. The molecule has 3 aromatic rings. The maximum Gasteiger partial charge on any atom is 0.279 e. The maximum atomic E-state index is 13.1. The van der Waals surface area contributed by atoms with Crippen LogP contribution >= 0.6 is 0 Å². The minimum absolute atomic E-state index is 0.128. The average molecular weight is 409 g/mol. The summed E-state index contributed by atoms with van der Waals surface area (Å²) in [4.78, 5) is 28.7. The largest absolute Gasteiger partial charge is 0.497 e. The van der Waals surface area contributed by atoms with E-state index in [1.807, 2.05) is 6.07 Å². The van der Waals surface area contributed by atoms with Crippen molar-refractivity contribution in [1.82, 2.24) is 0 Å². The number of methoxy groups -OCH3 is 1. The molecule has 156 valence electrons. The molecular formula is C23H27N3O4+2. The van der Waals surface area contributed by atoms with Crippen molar-refractivity contribution in [3.05, 3.63) is 59.9 Å². The van der Waals surface area contributed by atoms with Crippen molar-refractivity contribution in [3.8, 4) is 5.75 Å². The Balaban J connectivity index is 1.65. The van der Waals surface area contributed by atoms with Crippen molar-refractivity contribution in [2.75, 3.05) is 52.2 Å². The highest BCUT2D eigenvalue weighted by Crippen LogP contribution is 2.34. The Morgan fingerprint density at radius 1 is 1.07 bits per heavy atom. The normalized spacial score (nSPS) is 18.9. The molecular weight excluding hydrogens is 382 g/mol. The second-order valence-corrected chi connectivity index (χ2v) is 7.80. The fraction of sp³-hybridized carbons (Fsp3) is 0.304. The molecule has 0 aliphatic carbocycles. The van der Waals surface area contributed by atoms with Gasteiger partial charge in [0.2, 0.25) is 5.78 Å². The highest BCUT2D eigenvalue weighted by Gasteiger charge is 2.27. The van der Waals surface area contributed by atoms with Crippen LogP contribution in [0.4, 0.5) is 5.69 Å². The summed E-state index contributed by atoms with van der Waals surface area (Å²) in [6.07, 6.45) is 0. The Morgan fingerprint density at radius 3 is 2.50 bits per heavy atom. The summed E-state index contributed by atoms with van der Waals surface area (Å²) in [7, 11) is 3.75. The lowest BCUT2D eigenvalue weighted by molar-refractivity contribution is -0.999. The van der Waals surface area contributed by atoms with Crippen molar-refractivity contribution in [2.45, 2.75) is 0 Å². The third-order valence-electron chi connectivity index (χ3n) is 5.62. The molecule has 1 saturated heterocycles. The van der Waals surface area contributed by atoms with Crippen LogP contribution in [-0.4, -0.2) is 58.6 Å². The van der Waals surface area contributed by atoms with Gasteiger partial charge in [-0.3, -0.25) is 9.59 Å². The number of anilines is 1. The number of piperazine rings is 1. The van der Waals surface area contributed by atoms with Crippen LogP contribution in [0, 0.1) is 0 Å². The summed E-state index contributed by atoms with van der Waals surface area (Å²) in [5, 5.41) is 3.61. The molecule has 2 heterocycles. The number of hydrogen-bond donors (Lipinski definition) is 3. The number of amides is 1. The topological polar surface area (TPSA) is 77.4 Å². The maximum absolute atomic E-state index is 13.1. The number of likely N-dealkylation sites (N-methyl/N-ethyl adjacent to an activating group) is 1. The summed E-state index contributed by atoms with van der Waals surface area (Å²) >= 11 is 0. The van der Waals surface area contributed by atoms with Crippen LogP contribution in [0.5, 0.6) is 5.75 Å². The zero-order valence-electron chi connectivity index (χ0n) is 17.3. The molecule has 0 spiro atoms. The SMILES string of the molecule is COc1ccc2oc(C(=O)c3ccccc3)c(NC(=O)C[NH+]3CC[NH+](C)CC3)c2c1. The number of fused-ring (bicyclic) bond motifs is 1. The third kappa shape index (κ3) is 4.22. The van der Waals surface area contributed by atoms with Crippen LogP contribution in [0.2, 0.25) is 0 Å². The number of ketones is 1. The molecule has 1 fully saturated rings. The van der Waals surface area contributed by atoms with Gasteiger partial charge in [-0.15, -0.1) is 0 Å². The molecule has 0 bridgehead atoms. The Labute approximate surface area is 175 Å². The van der Waals surface area contributed by atoms with Crippen molar-refractivity contribution in [3.63, 3.8) is 0 Å². The number of ether oxygens (including phenoxy) is 1. The highest BCUT2D eigenvalue weighted by molar-refractivity contribution is 6.17. The molecule has 3 N–H and O–H groups in total. The molecule has 1 aliphatic heterocycles. The number of nitrogens with one attached hydrogen (secondary N) is 3. The lowest BCUT2D eigenvalue weighted by atomic mass is 10.1. The van der Waals surface area contributed by atoms with Gasteiger partial charge in [0.1, 0.15) is 37.5 Å². The van der Waals surface area contributed by atoms with Gasteiger partial charge < -0.3 is 24.3 Å². The summed E-state index contributed by atoms with van der Waals surface area (Å²) in [6.45, 7) is 4.37. The molecule has 7 nitrogen and oxygen atoms in total. The van der Waals surface area contributed by atoms with Crippen LogP contribution in [-0.2, 0) is 4.79 Å². The minimum Gasteiger partial charge on any atom is -0.497 e. The monoisotopic (exact) mass is 409 g/mol. The Bertz CT molecular complexity index is 1050. The van der Waals surface area contributed by atoms with E-state index in [1.165, 1.54) is 9.80 Å².